The van der Waals surface area contributed by atoms with E-state index < -0.39 is 12.6 Å². The summed E-state index contributed by atoms with van der Waals surface area (Å²) in [5.74, 6) is 0.712. The van der Waals surface area contributed by atoms with Gasteiger partial charge in [0.25, 0.3) is 0 Å². The average Bonchev–Trinajstić information content (AvgIpc) is 2.14. The van der Waals surface area contributed by atoms with Gasteiger partial charge in [-0.2, -0.15) is 23.1 Å². The quantitative estimate of drug-likeness (QED) is 0.736. The molecular weight excluding hydrogens is 223 g/mol. The first-order valence-electron chi connectivity index (χ1n) is 4.53. The molecule has 0 aromatic carbocycles. The Morgan fingerprint density at radius 3 is 2.50 bits per heavy atom. The van der Waals surface area contributed by atoms with Crippen LogP contribution >= 0.6 is 0 Å². The van der Waals surface area contributed by atoms with Gasteiger partial charge in [0.15, 0.2) is 0 Å². The average molecular weight is 235 g/mol. The fourth-order valence-corrected chi connectivity index (χ4v) is 1.02. The lowest BCUT2D eigenvalue weighted by molar-refractivity contribution is -0.131. The summed E-state index contributed by atoms with van der Waals surface area (Å²) >= 11 is 0. The summed E-state index contributed by atoms with van der Waals surface area (Å²) < 4.78 is 35.6. The number of nitrogen functional groups attached to an aromatic ring is 1. The highest BCUT2D eigenvalue weighted by Gasteiger charge is 2.26. The van der Waals surface area contributed by atoms with Gasteiger partial charge in [-0.15, -0.1) is 0 Å². The number of aromatic nitrogens is 2. The molecule has 5 nitrogen and oxygen atoms in total. The summed E-state index contributed by atoms with van der Waals surface area (Å²) in [6.45, 7) is -0.247. The summed E-state index contributed by atoms with van der Waals surface area (Å²) in [4.78, 5) is 7.55. The van der Waals surface area contributed by atoms with Crippen LogP contribution in [0.2, 0.25) is 0 Å². The molecule has 1 aromatic heterocycles. The number of nitrogens with zero attached hydrogens (tertiary/aromatic N) is 2. The maximum absolute atomic E-state index is 11.9. The van der Waals surface area contributed by atoms with E-state index in [1.165, 1.54) is 6.07 Å². The third kappa shape index (κ3) is 4.20. The number of anilines is 3. The first-order chi connectivity index (χ1) is 7.40. The molecule has 0 aliphatic rings. The predicted molar refractivity (Wildman–Crippen MR) is 55.2 cm³/mol. The van der Waals surface area contributed by atoms with Gasteiger partial charge in [-0.1, -0.05) is 0 Å². The van der Waals surface area contributed by atoms with E-state index in [4.69, 9.17) is 5.73 Å². The molecule has 0 atom stereocenters. The molecule has 0 aliphatic heterocycles. The number of hydrogen-bond acceptors (Lipinski definition) is 5. The van der Waals surface area contributed by atoms with Gasteiger partial charge in [0.1, 0.15) is 11.6 Å². The molecule has 90 valence electrons. The summed E-state index contributed by atoms with van der Waals surface area (Å²) in [7, 11) is 1.63. The molecule has 16 heavy (non-hydrogen) atoms. The molecule has 4 N–H and O–H groups in total. The predicted octanol–water partition coefficient (Wildman–Crippen LogP) is 1.46. The second kappa shape index (κ2) is 4.86. The molecule has 8 heteroatoms. The van der Waals surface area contributed by atoms with Gasteiger partial charge in [0, 0.05) is 19.7 Å². The lowest BCUT2D eigenvalue weighted by Crippen LogP contribution is -2.15. The third-order valence-corrected chi connectivity index (χ3v) is 1.71. The van der Waals surface area contributed by atoms with Crippen LogP contribution in [-0.4, -0.2) is 29.7 Å². The fourth-order valence-electron chi connectivity index (χ4n) is 1.02. The van der Waals surface area contributed by atoms with Gasteiger partial charge in [0.2, 0.25) is 5.95 Å². The Labute approximate surface area is 90.3 Å². The molecule has 0 radical (unpaired) electrons. The smallest absolute Gasteiger partial charge is 0.373 e. The van der Waals surface area contributed by atoms with Crippen LogP contribution in [0, 0.1) is 0 Å². The number of alkyl halides is 3. The van der Waals surface area contributed by atoms with Crippen LogP contribution in [-0.2, 0) is 0 Å². The van der Waals surface area contributed by atoms with Gasteiger partial charge in [0.05, 0.1) is 6.42 Å². The topological polar surface area (TPSA) is 75.9 Å². The summed E-state index contributed by atoms with van der Waals surface area (Å²) in [6, 6.07) is 1.48. The first-order valence-corrected chi connectivity index (χ1v) is 4.53. The molecule has 0 bridgehead atoms. The number of nitrogens with one attached hydrogen (secondary N) is 2. The normalized spacial score (nSPS) is 11.2. The Kier molecular flexibility index (Phi) is 3.75. The Morgan fingerprint density at radius 1 is 1.31 bits per heavy atom. The number of rotatable bonds is 4. The summed E-state index contributed by atoms with van der Waals surface area (Å²) in [5.41, 5.74) is 5.37. The van der Waals surface area contributed by atoms with Crippen LogP contribution in [0.15, 0.2) is 6.07 Å². The van der Waals surface area contributed by atoms with Crippen molar-refractivity contribution in [1.29, 1.82) is 0 Å². The molecule has 0 saturated heterocycles. The zero-order valence-corrected chi connectivity index (χ0v) is 8.60. The maximum atomic E-state index is 11.9. The molecule has 0 fully saturated rings. The molecule has 0 saturated carbocycles. The largest absolute Gasteiger partial charge is 0.390 e. The minimum absolute atomic E-state index is 0.00126. The van der Waals surface area contributed by atoms with Crippen LogP contribution < -0.4 is 16.4 Å². The van der Waals surface area contributed by atoms with Crippen LogP contribution in [0.3, 0.4) is 0 Å². The highest BCUT2D eigenvalue weighted by atomic mass is 19.4. The van der Waals surface area contributed by atoms with Crippen LogP contribution in [0.25, 0.3) is 0 Å². The molecular formula is C8H12F3N5. The Balaban J connectivity index is 2.57. The number of halogens is 3. The van der Waals surface area contributed by atoms with Crippen LogP contribution in [0.4, 0.5) is 30.8 Å². The van der Waals surface area contributed by atoms with E-state index in [-0.39, 0.29) is 18.3 Å². The molecule has 1 heterocycles. The zero-order chi connectivity index (χ0) is 12.2. The van der Waals surface area contributed by atoms with Gasteiger partial charge in [-0.3, -0.25) is 0 Å². The first kappa shape index (κ1) is 12.3. The Morgan fingerprint density at radius 2 is 1.94 bits per heavy atom. The fraction of sp³-hybridized carbons (Fsp3) is 0.500. The van der Waals surface area contributed by atoms with Gasteiger partial charge in [-0.25, -0.2) is 0 Å². The van der Waals surface area contributed by atoms with Crippen molar-refractivity contribution in [3.05, 3.63) is 6.07 Å². The molecule has 0 spiro atoms. The molecule has 1 rings (SSSR count). The van der Waals surface area contributed by atoms with Crippen molar-refractivity contribution < 1.29 is 13.2 Å². The van der Waals surface area contributed by atoms with Crippen LogP contribution in [0.5, 0.6) is 0 Å². The minimum atomic E-state index is -4.18. The second-order valence-corrected chi connectivity index (χ2v) is 3.04. The summed E-state index contributed by atoms with van der Waals surface area (Å²) in [6.07, 6.45) is -5.11. The number of nitrogens with two attached hydrogens (primary N) is 1. The van der Waals surface area contributed by atoms with E-state index in [0.29, 0.717) is 5.82 Å². The maximum Gasteiger partial charge on any atom is 0.390 e. The third-order valence-electron chi connectivity index (χ3n) is 1.71. The molecule has 0 amide bonds. The Hall–Kier alpha value is -1.73. The van der Waals surface area contributed by atoms with Crippen molar-refractivity contribution in [2.75, 3.05) is 30.0 Å². The van der Waals surface area contributed by atoms with Gasteiger partial charge < -0.3 is 16.4 Å². The lowest BCUT2D eigenvalue weighted by atomic mass is 10.4. The van der Waals surface area contributed by atoms with E-state index in [1.807, 2.05) is 0 Å². The van der Waals surface area contributed by atoms with E-state index in [0.717, 1.165) is 0 Å². The van der Waals surface area contributed by atoms with Crippen molar-refractivity contribution in [2.24, 2.45) is 0 Å². The molecule has 1 aromatic rings. The van der Waals surface area contributed by atoms with E-state index in [2.05, 4.69) is 20.6 Å². The lowest BCUT2D eigenvalue weighted by Gasteiger charge is -2.09. The van der Waals surface area contributed by atoms with Crippen molar-refractivity contribution in [1.82, 2.24) is 9.97 Å². The highest BCUT2D eigenvalue weighted by Crippen LogP contribution is 2.19. The Bertz CT molecular complexity index is 352. The van der Waals surface area contributed by atoms with E-state index in [1.54, 1.807) is 7.05 Å². The van der Waals surface area contributed by atoms with Crippen molar-refractivity contribution in [3.63, 3.8) is 0 Å². The van der Waals surface area contributed by atoms with Crippen molar-refractivity contribution in [3.8, 4) is 0 Å². The highest BCUT2D eigenvalue weighted by molar-refractivity contribution is 5.50. The SMILES string of the molecule is CNc1cc(NCCC(F)(F)F)nc(N)n1. The summed E-state index contributed by atoms with van der Waals surface area (Å²) in [5, 5.41) is 5.25. The van der Waals surface area contributed by atoms with E-state index in [9.17, 15) is 13.2 Å². The zero-order valence-electron chi connectivity index (χ0n) is 8.60. The minimum Gasteiger partial charge on any atom is -0.373 e. The van der Waals surface area contributed by atoms with Gasteiger partial charge in [-0.05, 0) is 0 Å². The van der Waals surface area contributed by atoms with E-state index >= 15 is 0 Å². The van der Waals surface area contributed by atoms with Crippen LogP contribution in [0.1, 0.15) is 6.42 Å². The standard InChI is InChI=1S/C8H12F3N5/c1-13-5-4-6(16-7(12)15-5)14-3-2-8(9,10)11/h4H,2-3H2,1H3,(H4,12,13,14,15,16). The van der Waals surface area contributed by atoms with Crippen molar-refractivity contribution >= 4 is 17.6 Å². The second-order valence-electron chi connectivity index (χ2n) is 3.04. The molecule has 0 aliphatic carbocycles. The molecule has 0 unspecified atom stereocenters. The monoisotopic (exact) mass is 235 g/mol. The van der Waals surface area contributed by atoms with Crippen molar-refractivity contribution in [2.45, 2.75) is 12.6 Å². The van der Waals surface area contributed by atoms with Gasteiger partial charge >= 0.3 is 6.18 Å². The number of hydrogen-bond donors (Lipinski definition) is 3.